The Morgan fingerprint density at radius 2 is 1.89 bits per heavy atom. The fraction of sp³-hybridized carbons (Fsp3) is 0.211. The number of nitrogens with zero attached hydrogens (tertiary/aromatic N) is 3. The van der Waals surface area contributed by atoms with Crippen LogP contribution < -0.4 is 5.32 Å². The molecule has 3 amide bonds. The quantitative estimate of drug-likeness (QED) is 0.509. The number of rotatable bonds is 4. The largest absolute Gasteiger partial charge is 0.325 e. The van der Waals surface area contributed by atoms with Gasteiger partial charge in [0.05, 0.1) is 23.1 Å². The van der Waals surface area contributed by atoms with Crippen LogP contribution in [0, 0.1) is 28.4 Å². The molecule has 0 radical (unpaired) electrons. The highest BCUT2D eigenvalue weighted by atomic mass is 16.6. The van der Waals surface area contributed by atoms with Crippen molar-refractivity contribution >= 4 is 17.6 Å². The molecular formula is C19H16N4O4. The number of urea groups is 1. The molecular weight excluding hydrogens is 348 g/mol. The van der Waals surface area contributed by atoms with Gasteiger partial charge < -0.3 is 5.32 Å². The summed E-state index contributed by atoms with van der Waals surface area (Å²) in [6.07, 6.45) is 0. The molecule has 0 spiro atoms. The number of carbonyl (C=O) groups excluding carboxylic acids is 2. The molecule has 0 aromatic heterocycles. The predicted octanol–water partition coefficient (Wildman–Crippen LogP) is 2.74. The number of nitrogens with one attached hydrogen (secondary N) is 1. The second-order valence-electron chi connectivity index (χ2n) is 6.45. The van der Waals surface area contributed by atoms with Gasteiger partial charge >= 0.3 is 6.03 Å². The molecule has 27 heavy (non-hydrogen) atoms. The van der Waals surface area contributed by atoms with Gasteiger partial charge in [0.1, 0.15) is 5.54 Å². The van der Waals surface area contributed by atoms with E-state index in [9.17, 15) is 19.7 Å². The van der Waals surface area contributed by atoms with Crippen LogP contribution in [0.2, 0.25) is 0 Å². The van der Waals surface area contributed by atoms with Crippen molar-refractivity contribution in [1.82, 2.24) is 10.2 Å². The van der Waals surface area contributed by atoms with Crippen molar-refractivity contribution in [3.8, 4) is 6.07 Å². The number of nitriles is 1. The SMILES string of the molecule is Cc1c(CN2C(=O)N[C@](C)(c3ccc(C#N)cc3)C2=O)cccc1[N+](=O)[O-]. The van der Waals surface area contributed by atoms with Crippen LogP contribution in [0.5, 0.6) is 0 Å². The first kappa shape index (κ1) is 18.1. The van der Waals surface area contributed by atoms with Gasteiger partial charge in [0.25, 0.3) is 11.6 Å². The van der Waals surface area contributed by atoms with E-state index in [1.807, 2.05) is 6.07 Å². The molecule has 8 heteroatoms. The lowest BCUT2D eigenvalue weighted by atomic mass is 9.91. The molecule has 1 saturated heterocycles. The average Bonchev–Trinajstić information content (AvgIpc) is 2.87. The second kappa shape index (κ2) is 6.53. The number of amides is 3. The lowest BCUT2D eigenvalue weighted by Gasteiger charge is -2.22. The Labute approximate surface area is 155 Å². The van der Waals surface area contributed by atoms with Crippen molar-refractivity contribution in [2.24, 2.45) is 0 Å². The molecule has 0 saturated carbocycles. The van der Waals surface area contributed by atoms with E-state index >= 15 is 0 Å². The number of nitro benzene ring substituents is 1. The lowest BCUT2D eigenvalue weighted by molar-refractivity contribution is -0.385. The minimum Gasteiger partial charge on any atom is -0.319 e. The Morgan fingerprint density at radius 3 is 2.48 bits per heavy atom. The summed E-state index contributed by atoms with van der Waals surface area (Å²) < 4.78 is 0. The van der Waals surface area contributed by atoms with E-state index in [2.05, 4.69) is 5.32 Å². The number of imide groups is 1. The Hall–Kier alpha value is -3.73. The molecule has 0 aliphatic carbocycles. The smallest absolute Gasteiger partial charge is 0.319 e. The summed E-state index contributed by atoms with van der Waals surface area (Å²) in [7, 11) is 0. The van der Waals surface area contributed by atoms with Gasteiger partial charge in [-0.25, -0.2) is 4.79 Å². The van der Waals surface area contributed by atoms with Gasteiger partial charge in [-0.15, -0.1) is 0 Å². The number of hydrogen-bond donors (Lipinski definition) is 1. The molecule has 1 fully saturated rings. The lowest BCUT2D eigenvalue weighted by Crippen LogP contribution is -2.40. The Kier molecular flexibility index (Phi) is 4.37. The molecule has 3 rings (SSSR count). The molecule has 8 nitrogen and oxygen atoms in total. The third kappa shape index (κ3) is 3.00. The molecule has 2 aromatic rings. The highest BCUT2D eigenvalue weighted by Crippen LogP contribution is 2.31. The molecule has 136 valence electrons. The second-order valence-corrected chi connectivity index (χ2v) is 6.45. The van der Waals surface area contributed by atoms with Crippen LogP contribution in [0.3, 0.4) is 0 Å². The van der Waals surface area contributed by atoms with E-state index in [-0.39, 0.29) is 12.2 Å². The summed E-state index contributed by atoms with van der Waals surface area (Å²) in [4.78, 5) is 37.1. The maximum absolute atomic E-state index is 13.0. The van der Waals surface area contributed by atoms with Crippen LogP contribution in [-0.4, -0.2) is 21.8 Å². The number of carbonyl (C=O) groups is 2. The van der Waals surface area contributed by atoms with Crippen molar-refractivity contribution < 1.29 is 14.5 Å². The van der Waals surface area contributed by atoms with Crippen molar-refractivity contribution in [2.75, 3.05) is 0 Å². The third-order valence-electron chi connectivity index (χ3n) is 4.81. The molecule has 1 N–H and O–H groups in total. The van der Waals surface area contributed by atoms with E-state index in [1.165, 1.54) is 12.1 Å². The van der Waals surface area contributed by atoms with Gasteiger partial charge in [-0.05, 0) is 37.1 Å². The highest BCUT2D eigenvalue weighted by molar-refractivity contribution is 6.07. The van der Waals surface area contributed by atoms with Crippen molar-refractivity contribution in [3.63, 3.8) is 0 Å². The maximum Gasteiger partial charge on any atom is 0.325 e. The molecule has 1 aliphatic heterocycles. The molecule has 1 atom stereocenters. The molecule has 1 aliphatic rings. The van der Waals surface area contributed by atoms with Gasteiger partial charge in [-0.3, -0.25) is 19.8 Å². The Bertz CT molecular complexity index is 994. The Balaban J connectivity index is 1.92. The minimum atomic E-state index is -1.26. The normalized spacial score (nSPS) is 18.9. The van der Waals surface area contributed by atoms with Crippen LogP contribution in [0.1, 0.15) is 29.2 Å². The average molecular weight is 364 g/mol. The summed E-state index contributed by atoms with van der Waals surface area (Å²) in [5, 5.41) is 22.7. The minimum absolute atomic E-state index is 0.0607. The van der Waals surface area contributed by atoms with Crippen LogP contribution >= 0.6 is 0 Å². The number of nitro groups is 1. The van der Waals surface area contributed by atoms with E-state index in [0.29, 0.717) is 22.3 Å². The fourth-order valence-electron chi connectivity index (χ4n) is 3.12. The zero-order chi connectivity index (χ0) is 19.8. The van der Waals surface area contributed by atoms with Crippen molar-refractivity contribution in [1.29, 1.82) is 5.26 Å². The molecule has 2 aromatic carbocycles. The first-order valence-electron chi connectivity index (χ1n) is 8.15. The topological polar surface area (TPSA) is 116 Å². The van der Waals surface area contributed by atoms with E-state index in [1.54, 1.807) is 44.2 Å². The molecule has 0 unspecified atom stereocenters. The first-order chi connectivity index (χ1) is 12.8. The van der Waals surface area contributed by atoms with Crippen LogP contribution in [0.15, 0.2) is 42.5 Å². The van der Waals surface area contributed by atoms with Gasteiger partial charge in [-0.1, -0.05) is 24.3 Å². The fourth-order valence-corrected chi connectivity index (χ4v) is 3.12. The van der Waals surface area contributed by atoms with Gasteiger partial charge in [-0.2, -0.15) is 5.26 Å². The van der Waals surface area contributed by atoms with E-state index in [0.717, 1.165) is 4.90 Å². The summed E-state index contributed by atoms with van der Waals surface area (Å²) in [5.41, 5.74) is 0.613. The summed E-state index contributed by atoms with van der Waals surface area (Å²) in [6, 6.07) is 12.4. The van der Waals surface area contributed by atoms with Crippen LogP contribution in [0.4, 0.5) is 10.5 Å². The molecule has 1 heterocycles. The summed E-state index contributed by atoms with van der Waals surface area (Å²) in [6.45, 7) is 3.12. The van der Waals surface area contributed by atoms with Gasteiger partial charge in [0.2, 0.25) is 0 Å². The maximum atomic E-state index is 13.0. The first-order valence-corrected chi connectivity index (χ1v) is 8.15. The monoisotopic (exact) mass is 364 g/mol. The van der Waals surface area contributed by atoms with Gasteiger partial charge in [0, 0.05) is 11.6 Å². The Morgan fingerprint density at radius 1 is 1.22 bits per heavy atom. The third-order valence-corrected chi connectivity index (χ3v) is 4.81. The van der Waals surface area contributed by atoms with E-state index in [4.69, 9.17) is 5.26 Å². The van der Waals surface area contributed by atoms with E-state index < -0.39 is 22.4 Å². The van der Waals surface area contributed by atoms with Crippen molar-refractivity contribution in [3.05, 3.63) is 74.8 Å². The highest BCUT2D eigenvalue weighted by Gasteiger charge is 2.49. The van der Waals surface area contributed by atoms with Crippen LogP contribution in [-0.2, 0) is 16.9 Å². The van der Waals surface area contributed by atoms with Crippen molar-refractivity contribution in [2.45, 2.75) is 25.9 Å². The number of hydrogen-bond acceptors (Lipinski definition) is 5. The zero-order valence-electron chi connectivity index (χ0n) is 14.7. The number of benzene rings is 2. The summed E-state index contributed by atoms with van der Waals surface area (Å²) >= 11 is 0. The van der Waals surface area contributed by atoms with Gasteiger partial charge in [0.15, 0.2) is 0 Å². The van der Waals surface area contributed by atoms with Crippen LogP contribution in [0.25, 0.3) is 0 Å². The summed E-state index contributed by atoms with van der Waals surface area (Å²) in [5.74, 6) is -0.455. The standard InChI is InChI=1S/C19H16N4O4/c1-12-14(4-3-5-16(12)23(26)27)11-22-17(24)19(2,21-18(22)25)15-8-6-13(10-20)7-9-15/h3-9H,11H2,1-2H3,(H,21,25)/t19-/m1/s1. The molecule has 0 bridgehead atoms. The zero-order valence-corrected chi connectivity index (χ0v) is 14.7. The predicted molar refractivity (Wildman–Crippen MR) is 95.4 cm³/mol.